The van der Waals surface area contributed by atoms with Crippen molar-refractivity contribution in [2.75, 3.05) is 18.1 Å². The van der Waals surface area contributed by atoms with Crippen LogP contribution in [0.5, 0.6) is 0 Å². The smallest absolute Gasteiger partial charge is 0.243 e. The fraction of sp³-hybridized carbons (Fsp3) is 0.692. The van der Waals surface area contributed by atoms with Gasteiger partial charge in [0.15, 0.2) is 0 Å². The third kappa shape index (κ3) is 10.5. The highest BCUT2D eigenvalue weighted by molar-refractivity contribution is 8.00. The van der Waals surface area contributed by atoms with Crippen molar-refractivity contribution >= 4 is 35.4 Å². The molecule has 0 spiro atoms. The Hall–Kier alpha value is -1.81. The van der Waals surface area contributed by atoms with Crippen molar-refractivity contribution in [1.29, 1.82) is 0 Å². The number of nitrogens with one attached hydrogen (secondary N) is 2. The first-order valence-corrected chi connectivity index (χ1v) is 8.27. The van der Waals surface area contributed by atoms with Gasteiger partial charge in [0.25, 0.3) is 0 Å². The van der Waals surface area contributed by atoms with Crippen molar-refractivity contribution in [1.82, 2.24) is 10.6 Å². The topological polar surface area (TPSA) is 170 Å². The number of rotatable bonds is 11. The van der Waals surface area contributed by atoms with E-state index >= 15 is 0 Å². The van der Waals surface area contributed by atoms with E-state index in [0.29, 0.717) is 6.42 Å². The molecule has 132 valence electrons. The molecule has 10 heteroatoms. The van der Waals surface area contributed by atoms with E-state index < -0.39 is 35.7 Å². The first-order chi connectivity index (χ1) is 10.6. The van der Waals surface area contributed by atoms with Gasteiger partial charge in [0, 0.05) is 5.75 Å². The molecular formula is C13H25N5O4S. The van der Waals surface area contributed by atoms with Gasteiger partial charge in [-0.25, -0.2) is 0 Å². The highest BCUT2D eigenvalue weighted by atomic mass is 32.2. The van der Waals surface area contributed by atoms with Crippen molar-refractivity contribution < 1.29 is 19.2 Å². The van der Waals surface area contributed by atoms with Crippen LogP contribution in [0.4, 0.5) is 0 Å². The zero-order valence-corrected chi connectivity index (χ0v) is 14.2. The summed E-state index contributed by atoms with van der Waals surface area (Å²) in [5, 5.41) is 4.83. The van der Waals surface area contributed by atoms with Crippen LogP contribution in [0.25, 0.3) is 0 Å². The largest absolute Gasteiger partial charge is 0.369 e. The summed E-state index contributed by atoms with van der Waals surface area (Å²) in [6, 6.07) is -1.69. The molecule has 0 rings (SSSR count). The van der Waals surface area contributed by atoms with Crippen LogP contribution in [-0.4, -0.2) is 53.8 Å². The monoisotopic (exact) mass is 347 g/mol. The Morgan fingerprint density at radius 2 is 1.65 bits per heavy atom. The second-order valence-electron chi connectivity index (χ2n) is 5.46. The summed E-state index contributed by atoms with van der Waals surface area (Å²) in [4.78, 5) is 45.5. The highest BCUT2D eigenvalue weighted by Gasteiger charge is 2.24. The van der Waals surface area contributed by atoms with Crippen LogP contribution in [0.1, 0.15) is 20.3 Å². The number of amides is 4. The lowest BCUT2D eigenvalue weighted by molar-refractivity contribution is -0.130. The first kappa shape index (κ1) is 21.2. The Bertz CT molecular complexity index is 444. The molecule has 8 N–H and O–H groups in total. The van der Waals surface area contributed by atoms with Crippen LogP contribution in [0.3, 0.4) is 0 Å². The molecule has 0 heterocycles. The Morgan fingerprint density at radius 1 is 1.04 bits per heavy atom. The average molecular weight is 347 g/mol. The van der Waals surface area contributed by atoms with Crippen molar-refractivity contribution in [2.24, 2.45) is 23.1 Å². The number of carbonyl (C=O) groups is 4. The van der Waals surface area contributed by atoms with Crippen molar-refractivity contribution in [3.8, 4) is 0 Å². The SMILES string of the molecule is CC(C)C[C@H](N)C(=O)N[C@@H](CSCC(N)=O)C(=O)NCC(N)=O. The number of thioether (sulfide) groups is 1. The molecule has 9 nitrogen and oxygen atoms in total. The molecule has 0 radical (unpaired) electrons. The molecule has 0 aromatic carbocycles. The number of nitrogens with two attached hydrogens (primary N) is 3. The Balaban J connectivity index is 4.68. The van der Waals surface area contributed by atoms with Gasteiger partial charge < -0.3 is 27.8 Å². The number of carbonyl (C=O) groups excluding carboxylic acids is 4. The van der Waals surface area contributed by atoms with Gasteiger partial charge in [-0.3, -0.25) is 19.2 Å². The molecule has 0 aromatic rings. The van der Waals surface area contributed by atoms with Crippen LogP contribution < -0.4 is 27.8 Å². The zero-order chi connectivity index (χ0) is 18.0. The Kier molecular flexibility index (Phi) is 9.99. The van der Waals surface area contributed by atoms with Gasteiger partial charge >= 0.3 is 0 Å². The lowest BCUT2D eigenvalue weighted by Gasteiger charge is -2.21. The van der Waals surface area contributed by atoms with E-state index in [4.69, 9.17) is 17.2 Å². The minimum atomic E-state index is -0.940. The second kappa shape index (κ2) is 10.8. The quantitative estimate of drug-likeness (QED) is 0.280. The van der Waals surface area contributed by atoms with Crippen LogP contribution in [0.2, 0.25) is 0 Å². The molecule has 0 unspecified atom stereocenters. The van der Waals surface area contributed by atoms with E-state index in [1.165, 1.54) is 0 Å². The molecule has 4 amide bonds. The molecule has 0 bridgehead atoms. The molecule has 0 aromatic heterocycles. The van der Waals surface area contributed by atoms with Gasteiger partial charge in [0.2, 0.25) is 23.6 Å². The minimum absolute atomic E-state index is 0.00746. The fourth-order valence-corrected chi connectivity index (χ4v) is 2.44. The number of hydrogen-bond acceptors (Lipinski definition) is 6. The lowest BCUT2D eigenvalue weighted by Crippen LogP contribution is -2.54. The second-order valence-corrected chi connectivity index (χ2v) is 6.49. The number of hydrogen-bond donors (Lipinski definition) is 5. The van der Waals surface area contributed by atoms with E-state index in [0.717, 1.165) is 11.8 Å². The van der Waals surface area contributed by atoms with Crippen LogP contribution in [-0.2, 0) is 19.2 Å². The summed E-state index contributed by atoms with van der Waals surface area (Å²) in [7, 11) is 0. The lowest BCUT2D eigenvalue weighted by atomic mass is 10.0. The zero-order valence-electron chi connectivity index (χ0n) is 13.3. The third-order valence-corrected chi connectivity index (χ3v) is 3.72. The van der Waals surface area contributed by atoms with Crippen LogP contribution >= 0.6 is 11.8 Å². The maximum atomic E-state index is 12.0. The summed E-state index contributed by atoms with van der Waals surface area (Å²) < 4.78 is 0. The van der Waals surface area contributed by atoms with E-state index in [-0.39, 0.29) is 24.0 Å². The van der Waals surface area contributed by atoms with E-state index in [9.17, 15) is 19.2 Å². The molecule has 0 saturated heterocycles. The van der Waals surface area contributed by atoms with E-state index in [2.05, 4.69) is 10.6 Å². The van der Waals surface area contributed by atoms with Crippen molar-refractivity contribution in [2.45, 2.75) is 32.4 Å². The summed E-state index contributed by atoms with van der Waals surface area (Å²) >= 11 is 1.09. The van der Waals surface area contributed by atoms with Gasteiger partial charge in [-0.1, -0.05) is 13.8 Å². The van der Waals surface area contributed by atoms with E-state index in [1.807, 2.05) is 13.8 Å². The average Bonchev–Trinajstić information content (AvgIpc) is 2.42. The van der Waals surface area contributed by atoms with Gasteiger partial charge in [-0.15, -0.1) is 11.8 Å². The summed E-state index contributed by atoms with van der Waals surface area (Å²) in [6.07, 6.45) is 0.468. The van der Waals surface area contributed by atoms with Crippen LogP contribution in [0.15, 0.2) is 0 Å². The van der Waals surface area contributed by atoms with Crippen molar-refractivity contribution in [3.63, 3.8) is 0 Å². The molecule has 0 aliphatic heterocycles. The predicted octanol–water partition coefficient (Wildman–Crippen LogP) is -2.34. The normalized spacial score (nSPS) is 13.2. The summed E-state index contributed by atoms with van der Waals surface area (Å²) in [6.45, 7) is 3.50. The standard InChI is InChI=1S/C13H25N5O4S/c1-7(2)3-8(14)12(21)18-9(5-23-6-11(16)20)13(22)17-4-10(15)19/h7-9H,3-6,14H2,1-2H3,(H2,15,19)(H2,16,20)(H,17,22)(H,18,21)/t8-,9-/m0/s1. The molecule has 0 aliphatic rings. The predicted molar refractivity (Wildman–Crippen MR) is 88.1 cm³/mol. The molecule has 0 aliphatic carbocycles. The maximum Gasteiger partial charge on any atom is 0.243 e. The Labute approximate surface area is 139 Å². The fourth-order valence-electron chi connectivity index (χ4n) is 1.65. The minimum Gasteiger partial charge on any atom is -0.369 e. The molecule has 2 atom stereocenters. The van der Waals surface area contributed by atoms with Gasteiger partial charge in [0.05, 0.1) is 18.3 Å². The van der Waals surface area contributed by atoms with Crippen LogP contribution in [0, 0.1) is 5.92 Å². The number of primary amides is 2. The summed E-state index contributed by atoms with van der Waals surface area (Å²) in [5.74, 6) is -1.94. The van der Waals surface area contributed by atoms with Gasteiger partial charge in [0.1, 0.15) is 6.04 Å². The summed E-state index contributed by atoms with van der Waals surface area (Å²) in [5.41, 5.74) is 15.8. The first-order valence-electron chi connectivity index (χ1n) is 7.11. The van der Waals surface area contributed by atoms with Gasteiger partial charge in [-0.2, -0.15) is 0 Å². The Morgan fingerprint density at radius 3 is 2.13 bits per heavy atom. The van der Waals surface area contributed by atoms with Crippen molar-refractivity contribution in [3.05, 3.63) is 0 Å². The molecule has 0 fully saturated rings. The highest BCUT2D eigenvalue weighted by Crippen LogP contribution is 2.06. The maximum absolute atomic E-state index is 12.0. The molecular weight excluding hydrogens is 322 g/mol. The molecule has 0 saturated carbocycles. The molecule has 23 heavy (non-hydrogen) atoms. The third-order valence-electron chi connectivity index (χ3n) is 2.66. The van der Waals surface area contributed by atoms with E-state index in [1.54, 1.807) is 0 Å². The van der Waals surface area contributed by atoms with Gasteiger partial charge in [-0.05, 0) is 12.3 Å².